The maximum absolute atomic E-state index is 2.43. The molecule has 0 aromatic heterocycles. The molecule has 7 aromatic rings. The van der Waals surface area contributed by atoms with Gasteiger partial charge in [-0.3, -0.25) is 0 Å². The summed E-state index contributed by atoms with van der Waals surface area (Å²) in [6.45, 7) is 4.75. The highest BCUT2D eigenvalue weighted by atomic mass is 15.2. The third-order valence-electron chi connectivity index (χ3n) is 9.00. The quantitative estimate of drug-likeness (QED) is 0.217. The molecule has 7 aromatic carbocycles. The molecule has 0 aliphatic carbocycles. The first kappa shape index (κ1) is 24.6. The topological polar surface area (TPSA) is 3.24 Å². The second kappa shape index (κ2) is 9.46. The lowest BCUT2D eigenvalue weighted by Crippen LogP contribution is -2.30. The molecule has 0 amide bonds. The van der Waals surface area contributed by atoms with E-state index in [4.69, 9.17) is 0 Å². The fourth-order valence-electron chi connectivity index (χ4n) is 6.69. The molecule has 0 fully saturated rings. The van der Waals surface area contributed by atoms with E-state index in [1.54, 1.807) is 0 Å². The highest BCUT2D eigenvalue weighted by Gasteiger charge is 2.37. The summed E-state index contributed by atoms with van der Waals surface area (Å²) >= 11 is 0. The average molecular weight is 538 g/mol. The van der Waals surface area contributed by atoms with Crippen molar-refractivity contribution in [1.29, 1.82) is 0 Å². The van der Waals surface area contributed by atoms with Crippen LogP contribution in [-0.2, 0) is 5.41 Å². The maximum atomic E-state index is 2.43. The third kappa shape index (κ3) is 3.93. The minimum absolute atomic E-state index is 0.199. The minimum Gasteiger partial charge on any atom is -0.310 e. The first-order chi connectivity index (χ1) is 20.6. The zero-order chi connectivity index (χ0) is 28.3. The molecule has 1 heterocycles. The van der Waals surface area contributed by atoms with E-state index in [-0.39, 0.29) is 5.41 Å². The number of benzene rings is 7. The van der Waals surface area contributed by atoms with Crippen molar-refractivity contribution >= 4 is 38.6 Å². The van der Waals surface area contributed by atoms with Gasteiger partial charge >= 0.3 is 0 Å². The summed E-state index contributed by atoms with van der Waals surface area (Å²) in [6.07, 6.45) is 0. The molecule has 0 spiro atoms. The molecule has 0 saturated carbocycles. The molecule has 42 heavy (non-hydrogen) atoms. The summed E-state index contributed by atoms with van der Waals surface area (Å²) in [5, 5.41) is 5.07. The fourth-order valence-corrected chi connectivity index (χ4v) is 6.69. The highest BCUT2D eigenvalue weighted by Crippen LogP contribution is 2.53. The van der Waals surface area contributed by atoms with Crippen molar-refractivity contribution in [2.75, 3.05) is 4.90 Å². The van der Waals surface area contributed by atoms with Crippen LogP contribution in [0.3, 0.4) is 0 Å². The van der Waals surface area contributed by atoms with Gasteiger partial charge in [0.05, 0.1) is 11.4 Å². The SMILES string of the molecule is CC1(C)c2cc(-c3ccc4ccccc4c3)ccc2N(c2ccccc2)c2ccc(-c3ccc4ccccc4c3)cc21. The van der Waals surface area contributed by atoms with Gasteiger partial charge in [-0.2, -0.15) is 0 Å². The van der Waals surface area contributed by atoms with Gasteiger partial charge in [0.25, 0.3) is 0 Å². The smallest absolute Gasteiger partial charge is 0.0503 e. The number of nitrogens with zero attached hydrogens (tertiary/aromatic N) is 1. The number of para-hydroxylation sites is 1. The zero-order valence-corrected chi connectivity index (χ0v) is 23.9. The number of hydrogen-bond acceptors (Lipinski definition) is 1. The fraction of sp³-hybridized carbons (Fsp3) is 0.0732. The van der Waals surface area contributed by atoms with E-state index in [2.05, 4.69) is 170 Å². The molecule has 0 bridgehead atoms. The Bertz CT molecular complexity index is 1990. The van der Waals surface area contributed by atoms with E-state index in [1.807, 2.05) is 0 Å². The van der Waals surface area contributed by atoms with Crippen molar-refractivity contribution in [2.45, 2.75) is 19.3 Å². The molecule has 0 atom stereocenters. The summed E-state index contributed by atoms with van der Waals surface area (Å²) < 4.78 is 0. The summed E-state index contributed by atoms with van der Waals surface area (Å²) in [7, 11) is 0. The van der Waals surface area contributed by atoms with E-state index in [0.717, 1.165) is 0 Å². The largest absolute Gasteiger partial charge is 0.310 e. The second-order valence-corrected chi connectivity index (χ2v) is 11.9. The Morgan fingerprint density at radius 2 is 0.786 bits per heavy atom. The summed E-state index contributed by atoms with van der Waals surface area (Å²) in [4.78, 5) is 2.43. The normalized spacial score (nSPS) is 13.6. The van der Waals surface area contributed by atoms with Crippen LogP contribution in [0.2, 0.25) is 0 Å². The lowest BCUT2D eigenvalue weighted by atomic mass is 9.72. The molecular formula is C41H31N. The van der Waals surface area contributed by atoms with Gasteiger partial charge in [-0.25, -0.2) is 0 Å². The molecule has 200 valence electrons. The van der Waals surface area contributed by atoms with Crippen LogP contribution in [0.4, 0.5) is 17.1 Å². The van der Waals surface area contributed by atoms with Crippen LogP contribution in [0.15, 0.2) is 152 Å². The first-order valence-electron chi connectivity index (χ1n) is 14.7. The van der Waals surface area contributed by atoms with Crippen LogP contribution in [-0.4, -0.2) is 0 Å². The van der Waals surface area contributed by atoms with Crippen molar-refractivity contribution < 1.29 is 0 Å². The molecule has 0 radical (unpaired) electrons. The molecular weight excluding hydrogens is 506 g/mol. The first-order valence-corrected chi connectivity index (χ1v) is 14.7. The van der Waals surface area contributed by atoms with Crippen molar-refractivity contribution in [2.24, 2.45) is 0 Å². The predicted octanol–water partition coefficient (Wildman–Crippen LogP) is 11.4. The Balaban J connectivity index is 1.32. The predicted molar refractivity (Wildman–Crippen MR) is 179 cm³/mol. The summed E-state index contributed by atoms with van der Waals surface area (Å²) in [6, 6.07) is 55.6. The van der Waals surface area contributed by atoms with Crippen molar-refractivity contribution in [3.05, 3.63) is 163 Å². The Hall–Kier alpha value is -5.14. The highest BCUT2D eigenvalue weighted by molar-refractivity contribution is 5.92. The van der Waals surface area contributed by atoms with Crippen molar-refractivity contribution in [1.82, 2.24) is 0 Å². The molecule has 1 aliphatic rings. The van der Waals surface area contributed by atoms with Gasteiger partial charge in [0.2, 0.25) is 0 Å². The Labute approximate surface area is 247 Å². The molecule has 8 rings (SSSR count). The third-order valence-corrected chi connectivity index (χ3v) is 9.00. The second-order valence-electron chi connectivity index (χ2n) is 11.9. The van der Waals surface area contributed by atoms with Crippen LogP contribution in [0.1, 0.15) is 25.0 Å². The Morgan fingerprint density at radius 3 is 1.29 bits per heavy atom. The Morgan fingerprint density at radius 1 is 0.381 bits per heavy atom. The van der Waals surface area contributed by atoms with Gasteiger partial charge < -0.3 is 4.90 Å². The van der Waals surface area contributed by atoms with Gasteiger partial charge in [0.1, 0.15) is 0 Å². The average Bonchev–Trinajstić information content (AvgIpc) is 3.05. The lowest BCUT2D eigenvalue weighted by Gasteiger charge is -2.42. The molecule has 0 saturated heterocycles. The van der Waals surface area contributed by atoms with Crippen LogP contribution in [0.5, 0.6) is 0 Å². The zero-order valence-electron chi connectivity index (χ0n) is 23.9. The van der Waals surface area contributed by atoms with Crippen LogP contribution < -0.4 is 4.90 Å². The Kier molecular flexibility index (Phi) is 5.55. The van der Waals surface area contributed by atoms with Gasteiger partial charge in [0.15, 0.2) is 0 Å². The molecule has 1 heteroatoms. The van der Waals surface area contributed by atoms with Crippen molar-refractivity contribution in [3.63, 3.8) is 0 Å². The van der Waals surface area contributed by atoms with E-state index in [9.17, 15) is 0 Å². The molecule has 0 N–H and O–H groups in total. The van der Waals surface area contributed by atoms with Crippen LogP contribution in [0.25, 0.3) is 43.8 Å². The number of fused-ring (bicyclic) bond motifs is 4. The van der Waals surface area contributed by atoms with Crippen LogP contribution >= 0.6 is 0 Å². The lowest BCUT2D eigenvalue weighted by molar-refractivity contribution is 0.632. The number of rotatable bonds is 3. The minimum atomic E-state index is -0.199. The van der Waals surface area contributed by atoms with E-state index < -0.39 is 0 Å². The monoisotopic (exact) mass is 537 g/mol. The van der Waals surface area contributed by atoms with E-state index in [1.165, 1.54) is 72.0 Å². The van der Waals surface area contributed by atoms with E-state index >= 15 is 0 Å². The maximum Gasteiger partial charge on any atom is 0.0503 e. The van der Waals surface area contributed by atoms with Gasteiger partial charge in [-0.15, -0.1) is 0 Å². The van der Waals surface area contributed by atoms with Crippen molar-refractivity contribution in [3.8, 4) is 22.3 Å². The molecule has 0 unspecified atom stereocenters. The number of anilines is 3. The summed E-state index contributed by atoms with van der Waals surface area (Å²) in [5.41, 5.74) is 11.1. The van der Waals surface area contributed by atoms with Crippen LogP contribution in [0, 0.1) is 0 Å². The van der Waals surface area contributed by atoms with Gasteiger partial charge in [0, 0.05) is 11.1 Å². The van der Waals surface area contributed by atoms with Gasteiger partial charge in [-0.05, 0) is 103 Å². The summed E-state index contributed by atoms with van der Waals surface area (Å²) in [5.74, 6) is 0. The number of hydrogen-bond donors (Lipinski definition) is 0. The van der Waals surface area contributed by atoms with Gasteiger partial charge in [-0.1, -0.05) is 117 Å². The molecule has 1 aliphatic heterocycles. The molecule has 1 nitrogen and oxygen atoms in total. The van der Waals surface area contributed by atoms with E-state index in [0.29, 0.717) is 0 Å². The standard InChI is InChI=1S/C41H31N/c1-41(2)37-26-34(32-18-16-28-10-6-8-12-30(28)24-32)20-22-39(37)42(36-14-4-3-5-15-36)40-23-21-35(27-38(40)41)33-19-17-29-11-7-9-13-31(29)25-33/h3-27H,1-2H3.